The van der Waals surface area contributed by atoms with Crippen LogP contribution in [0, 0.1) is 5.92 Å². The molecule has 11 heteroatoms. The van der Waals surface area contributed by atoms with Gasteiger partial charge in [-0.15, -0.1) is 0 Å². The Balaban J connectivity index is 1.29. The molecule has 5 atom stereocenters. The number of H-pyrrole nitrogens is 1. The van der Waals surface area contributed by atoms with Crippen molar-refractivity contribution in [3.63, 3.8) is 0 Å². The fourth-order valence-corrected chi connectivity index (χ4v) is 6.07. The largest absolute Gasteiger partial charge is 0.508 e. The van der Waals surface area contributed by atoms with E-state index in [0.29, 0.717) is 12.8 Å². The Kier molecular flexibility index (Phi) is 10.3. The number of phenolic OH excluding ortho intramolecular Hbond substituents is 1. The average molecular weight is 625 g/mol. The molecule has 0 radical (unpaired) electrons. The molecule has 0 spiro atoms. The zero-order valence-corrected chi connectivity index (χ0v) is 25.4. The van der Waals surface area contributed by atoms with Crippen molar-refractivity contribution in [3.8, 4) is 5.75 Å². The minimum Gasteiger partial charge on any atom is -0.508 e. The summed E-state index contributed by atoms with van der Waals surface area (Å²) in [5.41, 5.74) is 15.2. The van der Waals surface area contributed by atoms with Crippen LogP contribution in [-0.2, 0) is 38.4 Å². The van der Waals surface area contributed by atoms with Gasteiger partial charge in [-0.3, -0.25) is 19.2 Å². The number of benzene rings is 3. The summed E-state index contributed by atoms with van der Waals surface area (Å²) in [4.78, 5) is 56.1. The van der Waals surface area contributed by atoms with Crippen molar-refractivity contribution in [2.45, 2.75) is 62.7 Å². The van der Waals surface area contributed by atoms with E-state index in [-0.39, 0.29) is 36.8 Å². The van der Waals surface area contributed by atoms with Crippen molar-refractivity contribution in [1.82, 2.24) is 20.9 Å². The van der Waals surface area contributed by atoms with Gasteiger partial charge in [0.1, 0.15) is 17.8 Å². The van der Waals surface area contributed by atoms with E-state index in [1.807, 2.05) is 54.6 Å². The van der Waals surface area contributed by atoms with E-state index >= 15 is 0 Å². The SMILES string of the molecule is NC(=O)[C@H](Cc1ccccc1)NC(=O)[C@H](Cc1c[nH]c2ccccc12)NC(=O)[C@H]1CCC[C@H]1NC(=O)[C@@H](N)Cc1ccc(O)cc1. The molecule has 1 saturated carbocycles. The Hall–Kier alpha value is -5.16. The molecular formula is C35H40N6O5. The Labute approximate surface area is 267 Å². The van der Waals surface area contributed by atoms with E-state index in [4.69, 9.17) is 11.5 Å². The van der Waals surface area contributed by atoms with Gasteiger partial charge < -0.3 is 37.5 Å². The third-order valence-electron chi connectivity index (χ3n) is 8.58. The second-order valence-electron chi connectivity index (χ2n) is 11.9. The van der Waals surface area contributed by atoms with Crippen molar-refractivity contribution in [1.29, 1.82) is 0 Å². The number of carbonyl (C=O) groups is 4. The number of aromatic nitrogens is 1. The molecule has 3 aromatic carbocycles. The summed E-state index contributed by atoms with van der Waals surface area (Å²) in [6.45, 7) is 0. The van der Waals surface area contributed by atoms with Crippen LogP contribution in [0.5, 0.6) is 5.75 Å². The van der Waals surface area contributed by atoms with Crippen molar-refractivity contribution in [2.24, 2.45) is 17.4 Å². The van der Waals surface area contributed by atoms with Crippen molar-refractivity contribution < 1.29 is 24.3 Å². The number of nitrogens with two attached hydrogens (primary N) is 2. The number of hydrogen-bond donors (Lipinski definition) is 7. The lowest BCUT2D eigenvalue weighted by molar-refractivity contribution is -0.133. The van der Waals surface area contributed by atoms with E-state index in [2.05, 4.69) is 20.9 Å². The highest BCUT2D eigenvalue weighted by Gasteiger charge is 2.37. The van der Waals surface area contributed by atoms with Crippen LogP contribution in [-0.4, -0.2) is 57.9 Å². The topological polar surface area (TPSA) is 192 Å². The fraction of sp³-hybridized carbons (Fsp3) is 0.314. The lowest BCUT2D eigenvalue weighted by atomic mass is 9.98. The number of aromatic hydroxyl groups is 1. The van der Waals surface area contributed by atoms with Crippen molar-refractivity contribution in [3.05, 3.63) is 102 Å². The van der Waals surface area contributed by atoms with Gasteiger partial charge in [0.2, 0.25) is 23.6 Å². The number of nitrogens with one attached hydrogen (secondary N) is 4. The molecule has 1 aliphatic rings. The summed E-state index contributed by atoms with van der Waals surface area (Å²) in [5, 5.41) is 19.1. The molecule has 11 nitrogen and oxygen atoms in total. The van der Waals surface area contributed by atoms with Gasteiger partial charge in [-0.1, -0.05) is 67.1 Å². The van der Waals surface area contributed by atoms with Crippen LogP contribution in [0.2, 0.25) is 0 Å². The molecule has 9 N–H and O–H groups in total. The lowest BCUT2D eigenvalue weighted by Crippen LogP contribution is -2.56. The molecule has 0 unspecified atom stereocenters. The fourth-order valence-electron chi connectivity index (χ4n) is 6.07. The molecule has 240 valence electrons. The molecule has 4 aromatic rings. The van der Waals surface area contributed by atoms with E-state index in [9.17, 15) is 24.3 Å². The third-order valence-corrected chi connectivity index (χ3v) is 8.58. The number of carbonyl (C=O) groups excluding carboxylic acids is 4. The summed E-state index contributed by atoms with van der Waals surface area (Å²) >= 11 is 0. The van der Waals surface area contributed by atoms with Crippen LogP contribution in [0.1, 0.15) is 36.0 Å². The van der Waals surface area contributed by atoms with Gasteiger partial charge >= 0.3 is 0 Å². The highest BCUT2D eigenvalue weighted by atomic mass is 16.3. The summed E-state index contributed by atoms with van der Waals surface area (Å²) in [6, 6.07) is 20.1. The number of amides is 4. The molecule has 0 bridgehead atoms. The molecule has 1 fully saturated rings. The second kappa shape index (κ2) is 14.7. The Morgan fingerprint density at radius 1 is 0.804 bits per heavy atom. The monoisotopic (exact) mass is 624 g/mol. The maximum absolute atomic E-state index is 13.8. The van der Waals surface area contributed by atoms with Gasteiger partial charge in [-0.05, 0) is 54.2 Å². The van der Waals surface area contributed by atoms with Gasteiger partial charge in [-0.25, -0.2) is 0 Å². The summed E-state index contributed by atoms with van der Waals surface area (Å²) in [6.07, 6.45) is 4.29. The number of rotatable bonds is 13. The molecule has 5 rings (SSSR count). The molecule has 1 aromatic heterocycles. The molecule has 0 aliphatic heterocycles. The van der Waals surface area contributed by atoms with Gasteiger partial charge in [0, 0.05) is 36.0 Å². The highest BCUT2D eigenvalue weighted by molar-refractivity contribution is 5.93. The smallest absolute Gasteiger partial charge is 0.243 e. The number of fused-ring (bicyclic) bond motifs is 1. The van der Waals surface area contributed by atoms with E-state index in [0.717, 1.165) is 34.0 Å². The first-order valence-corrected chi connectivity index (χ1v) is 15.5. The van der Waals surface area contributed by atoms with Gasteiger partial charge in [0.25, 0.3) is 0 Å². The Morgan fingerprint density at radius 3 is 2.24 bits per heavy atom. The van der Waals surface area contributed by atoms with Crippen LogP contribution < -0.4 is 27.4 Å². The Morgan fingerprint density at radius 2 is 1.50 bits per heavy atom. The van der Waals surface area contributed by atoms with Gasteiger partial charge in [0.15, 0.2) is 0 Å². The number of phenols is 1. The molecule has 1 heterocycles. The number of hydrogen-bond acceptors (Lipinski definition) is 6. The molecule has 0 saturated heterocycles. The minimum atomic E-state index is -1.02. The standard InChI is InChI=1S/C35H40N6O5/c36-27(17-22-13-15-24(42)16-14-22)34(45)39-29-12-6-10-26(29)33(44)41-31(19-23-20-38-28-11-5-4-9-25(23)28)35(46)40-30(32(37)43)18-21-7-2-1-3-8-21/h1-5,7-9,11,13-16,20,26-27,29-31,38,42H,6,10,12,17-19,36H2,(H2,37,43)(H,39,45)(H,40,46)(H,41,44)/t26-,27-,29+,30-,31-/m0/s1. The van der Waals surface area contributed by atoms with Gasteiger partial charge in [-0.2, -0.15) is 0 Å². The summed E-state index contributed by atoms with van der Waals surface area (Å²) in [7, 11) is 0. The lowest BCUT2D eigenvalue weighted by Gasteiger charge is -2.26. The summed E-state index contributed by atoms with van der Waals surface area (Å²) in [5.74, 6) is -2.41. The minimum absolute atomic E-state index is 0.125. The van der Waals surface area contributed by atoms with Crippen LogP contribution in [0.3, 0.4) is 0 Å². The maximum Gasteiger partial charge on any atom is 0.243 e. The van der Waals surface area contributed by atoms with Crippen LogP contribution in [0.4, 0.5) is 0 Å². The average Bonchev–Trinajstić information content (AvgIpc) is 3.69. The van der Waals surface area contributed by atoms with Gasteiger partial charge in [0.05, 0.1) is 12.0 Å². The second-order valence-corrected chi connectivity index (χ2v) is 11.9. The van der Waals surface area contributed by atoms with Crippen molar-refractivity contribution in [2.75, 3.05) is 0 Å². The maximum atomic E-state index is 13.8. The summed E-state index contributed by atoms with van der Waals surface area (Å²) < 4.78 is 0. The van der Waals surface area contributed by atoms with Crippen LogP contribution in [0.15, 0.2) is 85.1 Å². The Bertz CT molecular complexity index is 1670. The quantitative estimate of drug-likeness (QED) is 0.119. The molecule has 1 aliphatic carbocycles. The van der Waals surface area contributed by atoms with E-state index < -0.39 is 41.9 Å². The number of aromatic amines is 1. The van der Waals surface area contributed by atoms with Crippen LogP contribution in [0.25, 0.3) is 10.9 Å². The number of para-hydroxylation sites is 1. The first-order chi connectivity index (χ1) is 22.2. The normalized spacial score (nSPS) is 17.9. The predicted octanol–water partition coefficient (Wildman–Crippen LogP) is 1.97. The van der Waals surface area contributed by atoms with Crippen LogP contribution >= 0.6 is 0 Å². The predicted molar refractivity (Wildman–Crippen MR) is 174 cm³/mol. The first kappa shape index (κ1) is 32.2. The molecule has 4 amide bonds. The number of primary amides is 1. The highest BCUT2D eigenvalue weighted by Crippen LogP contribution is 2.27. The zero-order valence-electron chi connectivity index (χ0n) is 25.4. The van der Waals surface area contributed by atoms with Crippen molar-refractivity contribution >= 4 is 34.5 Å². The van der Waals surface area contributed by atoms with E-state index in [1.165, 1.54) is 12.1 Å². The van der Waals surface area contributed by atoms with E-state index in [1.54, 1.807) is 18.3 Å². The molecular weight excluding hydrogens is 584 g/mol. The first-order valence-electron chi connectivity index (χ1n) is 15.5. The zero-order chi connectivity index (χ0) is 32.6. The molecule has 46 heavy (non-hydrogen) atoms. The third kappa shape index (κ3) is 8.10.